The van der Waals surface area contributed by atoms with Crippen LogP contribution in [0.25, 0.3) is 0 Å². The van der Waals surface area contributed by atoms with E-state index >= 15 is 0 Å². The maximum Gasteiger partial charge on any atom is 0.0459 e. The van der Waals surface area contributed by atoms with Crippen molar-refractivity contribution in [3.8, 4) is 0 Å². The topological polar surface area (TPSA) is 26.0 Å². The number of hydrogen-bond acceptors (Lipinski definition) is 1. The van der Waals surface area contributed by atoms with Gasteiger partial charge in [-0.1, -0.05) is 59.6 Å². The molecule has 104 valence electrons. The van der Waals surface area contributed by atoms with E-state index < -0.39 is 0 Å². The Hall–Kier alpha value is -1.02. The molecular weight excluding hydrogens is 289 g/mol. The van der Waals surface area contributed by atoms with E-state index in [9.17, 15) is 0 Å². The Morgan fingerprint density at radius 3 is 2.10 bits per heavy atom. The van der Waals surface area contributed by atoms with Gasteiger partial charge in [-0.2, -0.15) is 0 Å². The first kappa shape index (κ1) is 13.9. The van der Waals surface area contributed by atoms with Crippen molar-refractivity contribution in [3.05, 3.63) is 69.7 Å². The zero-order valence-electron chi connectivity index (χ0n) is 11.2. The average Bonchev–Trinajstić information content (AvgIpc) is 2.42. The van der Waals surface area contributed by atoms with Crippen LogP contribution in [-0.4, -0.2) is 6.54 Å². The summed E-state index contributed by atoms with van der Waals surface area (Å²) in [6.07, 6.45) is 2.02. The van der Waals surface area contributed by atoms with Gasteiger partial charge in [-0.05, 0) is 42.0 Å². The highest BCUT2D eigenvalue weighted by atomic mass is 35.5. The fraction of sp³-hybridized carbons (Fsp3) is 0.294. The number of rotatable bonds is 3. The van der Waals surface area contributed by atoms with Gasteiger partial charge in [-0.25, -0.2) is 0 Å². The molecule has 0 atom stereocenters. The van der Waals surface area contributed by atoms with Gasteiger partial charge < -0.3 is 5.73 Å². The quantitative estimate of drug-likeness (QED) is 0.868. The Labute approximate surface area is 129 Å². The van der Waals surface area contributed by atoms with E-state index in [2.05, 4.69) is 24.3 Å². The summed E-state index contributed by atoms with van der Waals surface area (Å²) in [6.45, 7) is 0.583. The zero-order valence-corrected chi connectivity index (χ0v) is 12.7. The molecule has 3 rings (SSSR count). The molecule has 0 spiro atoms. The summed E-state index contributed by atoms with van der Waals surface area (Å²) in [7, 11) is 0. The lowest BCUT2D eigenvalue weighted by atomic mass is 9.57. The van der Waals surface area contributed by atoms with Crippen LogP contribution >= 0.6 is 23.2 Å². The third-order valence-corrected chi connectivity index (χ3v) is 5.06. The summed E-state index contributed by atoms with van der Waals surface area (Å²) in [5.41, 5.74) is 8.39. The molecule has 0 unspecified atom stereocenters. The van der Waals surface area contributed by atoms with E-state index in [1.807, 2.05) is 24.3 Å². The van der Waals surface area contributed by atoms with Crippen LogP contribution in [0.3, 0.4) is 0 Å². The van der Waals surface area contributed by atoms with Gasteiger partial charge in [-0.15, -0.1) is 0 Å². The molecule has 3 heteroatoms. The second-order valence-electron chi connectivity index (χ2n) is 5.60. The summed E-state index contributed by atoms with van der Waals surface area (Å²) in [4.78, 5) is 0. The van der Waals surface area contributed by atoms with Crippen molar-refractivity contribution in [2.75, 3.05) is 6.54 Å². The summed E-state index contributed by atoms with van der Waals surface area (Å²) in [5.74, 6) is 0.548. The number of halogens is 2. The molecule has 0 aromatic heterocycles. The molecule has 1 aliphatic rings. The summed E-state index contributed by atoms with van der Waals surface area (Å²) in [5, 5.41) is 1.46. The van der Waals surface area contributed by atoms with Gasteiger partial charge in [0.25, 0.3) is 0 Å². The molecule has 2 aromatic carbocycles. The molecule has 1 saturated carbocycles. The molecule has 0 aliphatic heterocycles. The van der Waals surface area contributed by atoms with Gasteiger partial charge in [0.2, 0.25) is 0 Å². The molecule has 1 fully saturated rings. The molecule has 1 aliphatic carbocycles. The van der Waals surface area contributed by atoms with Gasteiger partial charge in [0.05, 0.1) is 0 Å². The van der Waals surface area contributed by atoms with Crippen molar-refractivity contribution in [2.45, 2.75) is 24.2 Å². The Morgan fingerprint density at radius 1 is 0.950 bits per heavy atom. The van der Waals surface area contributed by atoms with Crippen molar-refractivity contribution >= 4 is 23.2 Å². The molecule has 1 nitrogen and oxygen atoms in total. The SMILES string of the molecule is NCC1(c2c(Cl)cccc2Cl)CC(c2ccccc2)C1. The third kappa shape index (κ3) is 2.24. The maximum absolute atomic E-state index is 6.36. The fourth-order valence-electron chi connectivity index (χ4n) is 3.32. The third-order valence-electron chi connectivity index (χ3n) is 4.43. The maximum atomic E-state index is 6.36. The standard InChI is InChI=1S/C17H17Cl2N/c18-14-7-4-8-15(19)16(14)17(11-20)9-13(10-17)12-5-2-1-3-6-12/h1-8,13H,9-11,20H2. The van der Waals surface area contributed by atoms with Crippen molar-refractivity contribution in [1.29, 1.82) is 0 Å². The lowest BCUT2D eigenvalue weighted by Crippen LogP contribution is -2.46. The highest BCUT2D eigenvalue weighted by Gasteiger charge is 2.46. The van der Waals surface area contributed by atoms with Crippen molar-refractivity contribution in [1.82, 2.24) is 0 Å². The van der Waals surface area contributed by atoms with Gasteiger partial charge in [0.15, 0.2) is 0 Å². The summed E-state index contributed by atoms with van der Waals surface area (Å²) in [6, 6.07) is 16.3. The highest BCUT2D eigenvalue weighted by molar-refractivity contribution is 6.36. The van der Waals surface area contributed by atoms with E-state index in [0.29, 0.717) is 12.5 Å². The second-order valence-corrected chi connectivity index (χ2v) is 6.41. The average molecular weight is 306 g/mol. The molecule has 0 bridgehead atoms. The minimum Gasteiger partial charge on any atom is -0.330 e. The van der Waals surface area contributed by atoms with E-state index in [4.69, 9.17) is 28.9 Å². The molecule has 0 radical (unpaired) electrons. The van der Waals surface area contributed by atoms with Crippen molar-refractivity contribution in [3.63, 3.8) is 0 Å². The largest absolute Gasteiger partial charge is 0.330 e. The first-order valence-electron chi connectivity index (χ1n) is 6.86. The Morgan fingerprint density at radius 2 is 1.55 bits per heavy atom. The molecule has 0 amide bonds. The smallest absolute Gasteiger partial charge is 0.0459 e. The fourth-order valence-corrected chi connectivity index (χ4v) is 4.12. The van der Waals surface area contributed by atoms with Crippen LogP contribution in [0.5, 0.6) is 0 Å². The predicted octanol–water partition coefficient (Wildman–Crippen LogP) is 4.77. The first-order valence-corrected chi connectivity index (χ1v) is 7.61. The van der Waals surface area contributed by atoms with E-state index in [0.717, 1.165) is 28.5 Å². The Kier molecular flexibility index (Phi) is 3.76. The van der Waals surface area contributed by atoms with E-state index in [1.54, 1.807) is 0 Å². The lowest BCUT2D eigenvalue weighted by Gasteiger charge is -2.48. The normalized spacial score (nSPS) is 25.2. The van der Waals surface area contributed by atoms with Gasteiger partial charge in [0, 0.05) is 22.0 Å². The lowest BCUT2D eigenvalue weighted by molar-refractivity contribution is 0.209. The van der Waals surface area contributed by atoms with Crippen LogP contribution < -0.4 is 5.73 Å². The zero-order chi connectivity index (χ0) is 14.2. The summed E-state index contributed by atoms with van der Waals surface area (Å²) < 4.78 is 0. The minimum atomic E-state index is -0.0735. The van der Waals surface area contributed by atoms with Crippen molar-refractivity contribution in [2.24, 2.45) is 5.73 Å². The molecule has 2 N–H and O–H groups in total. The number of hydrogen-bond donors (Lipinski definition) is 1. The molecule has 0 saturated heterocycles. The van der Waals surface area contributed by atoms with Gasteiger partial charge in [0.1, 0.15) is 0 Å². The van der Waals surface area contributed by atoms with Crippen LogP contribution in [0, 0.1) is 0 Å². The molecule has 0 heterocycles. The van der Waals surface area contributed by atoms with Crippen LogP contribution in [0.2, 0.25) is 10.0 Å². The monoisotopic (exact) mass is 305 g/mol. The van der Waals surface area contributed by atoms with Gasteiger partial charge in [-0.3, -0.25) is 0 Å². The van der Waals surface area contributed by atoms with Crippen LogP contribution in [0.15, 0.2) is 48.5 Å². The van der Waals surface area contributed by atoms with Crippen LogP contribution in [0.1, 0.15) is 29.9 Å². The van der Waals surface area contributed by atoms with Crippen LogP contribution in [-0.2, 0) is 5.41 Å². The Balaban J connectivity index is 1.90. The summed E-state index contributed by atoms with van der Waals surface area (Å²) >= 11 is 12.7. The highest BCUT2D eigenvalue weighted by Crippen LogP contribution is 2.55. The number of nitrogens with two attached hydrogens (primary N) is 1. The van der Waals surface area contributed by atoms with Crippen molar-refractivity contribution < 1.29 is 0 Å². The van der Waals surface area contributed by atoms with E-state index in [1.165, 1.54) is 5.56 Å². The number of benzene rings is 2. The minimum absolute atomic E-state index is 0.0735. The predicted molar refractivity (Wildman–Crippen MR) is 85.6 cm³/mol. The molecule has 2 aromatic rings. The van der Waals surface area contributed by atoms with E-state index in [-0.39, 0.29) is 5.41 Å². The molecular formula is C17H17Cl2N. The first-order chi connectivity index (χ1) is 9.66. The Bertz CT molecular complexity index is 583. The molecule has 20 heavy (non-hydrogen) atoms. The van der Waals surface area contributed by atoms with Crippen LogP contribution in [0.4, 0.5) is 0 Å². The van der Waals surface area contributed by atoms with Gasteiger partial charge >= 0.3 is 0 Å². The second kappa shape index (κ2) is 5.40.